The fraction of sp³-hybridized carbons (Fsp3) is 0.333. The largest absolute Gasteiger partial charge is 0.496 e. The summed E-state index contributed by atoms with van der Waals surface area (Å²) >= 11 is 0. The molecule has 2 rings (SSSR count). The van der Waals surface area contributed by atoms with E-state index in [-0.39, 0.29) is 34.8 Å². The van der Waals surface area contributed by atoms with E-state index in [0.29, 0.717) is 23.5 Å². The van der Waals surface area contributed by atoms with Gasteiger partial charge in [-0.2, -0.15) is 0 Å². The smallest absolute Gasteiger partial charge is 0.341 e. The molecule has 8 nitrogen and oxygen atoms in total. The third-order valence-electron chi connectivity index (χ3n) is 4.42. The van der Waals surface area contributed by atoms with Crippen molar-refractivity contribution < 1.29 is 38.0 Å². The molecule has 0 aliphatic carbocycles. The summed E-state index contributed by atoms with van der Waals surface area (Å²) in [4.78, 5) is 24.8. The van der Waals surface area contributed by atoms with Crippen molar-refractivity contribution in [3.63, 3.8) is 0 Å². The maximum absolute atomic E-state index is 12.7. The van der Waals surface area contributed by atoms with Gasteiger partial charge in [0.1, 0.15) is 11.3 Å². The first-order chi connectivity index (χ1) is 15.4. The van der Waals surface area contributed by atoms with Gasteiger partial charge in [-0.1, -0.05) is 18.8 Å². The van der Waals surface area contributed by atoms with E-state index < -0.39 is 11.9 Å². The highest BCUT2D eigenvalue weighted by Gasteiger charge is 2.24. The molecular weight excluding hydrogens is 416 g/mol. The molecule has 32 heavy (non-hydrogen) atoms. The summed E-state index contributed by atoms with van der Waals surface area (Å²) in [5.74, 6) is 5.95. The number of carbonyl (C=O) groups excluding carboxylic acids is 2. The fourth-order valence-corrected chi connectivity index (χ4v) is 2.90. The summed E-state index contributed by atoms with van der Waals surface area (Å²) in [6, 6.07) is 6.33. The summed E-state index contributed by atoms with van der Waals surface area (Å²) in [6.07, 6.45) is 0.666. The Morgan fingerprint density at radius 1 is 0.781 bits per heavy atom. The van der Waals surface area contributed by atoms with Crippen molar-refractivity contribution >= 4 is 11.9 Å². The van der Waals surface area contributed by atoms with E-state index in [1.165, 1.54) is 41.6 Å². The molecular formula is C24H26O8. The standard InChI is InChI=1S/C24H26O8/c1-7-12-32-24(26)17-14-20(28-3)22(30-5)21(29-4)16(17)10-8-15-9-11-19(27-2)18(13-15)23(25)31-6/h9,11,13-14H,7,12H2,1-6H3. The van der Waals surface area contributed by atoms with Crippen molar-refractivity contribution in [2.45, 2.75) is 13.3 Å². The molecule has 0 aliphatic heterocycles. The van der Waals surface area contributed by atoms with E-state index in [9.17, 15) is 9.59 Å². The Hall–Kier alpha value is -3.86. The highest BCUT2D eigenvalue weighted by Crippen LogP contribution is 2.42. The van der Waals surface area contributed by atoms with Crippen LogP contribution in [0.1, 0.15) is 45.2 Å². The van der Waals surface area contributed by atoms with Gasteiger partial charge in [-0.3, -0.25) is 0 Å². The van der Waals surface area contributed by atoms with Crippen LogP contribution in [0.3, 0.4) is 0 Å². The van der Waals surface area contributed by atoms with Gasteiger partial charge in [0, 0.05) is 11.6 Å². The number of esters is 2. The highest BCUT2D eigenvalue weighted by atomic mass is 16.5. The number of methoxy groups -OCH3 is 5. The number of ether oxygens (including phenoxy) is 6. The van der Waals surface area contributed by atoms with Crippen LogP contribution in [0.25, 0.3) is 0 Å². The van der Waals surface area contributed by atoms with Gasteiger partial charge in [0.05, 0.1) is 53.3 Å². The minimum atomic E-state index is -0.569. The Morgan fingerprint density at radius 3 is 2.03 bits per heavy atom. The quantitative estimate of drug-likeness (QED) is 0.454. The summed E-state index contributed by atoms with van der Waals surface area (Å²) in [6.45, 7) is 2.15. The molecule has 0 saturated carbocycles. The third kappa shape index (κ3) is 5.24. The first-order valence-electron chi connectivity index (χ1n) is 9.74. The third-order valence-corrected chi connectivity index (χ3v) is 4.42. The number of carbonyl (C=O) groups is 2. The number of benzene rings is 2. The summed E-state index contributed by atoms with van der Waals surface area (Å²) in [5.41, 5.74) is 1.16. The zero-order valence-electron chi connectivity index (χ0n) is 19.0. The van der Waals surface area contributed by atoms with Crippen molar-refractivity contribution in [2.75, 3.05) is 42.2 Å². The summed E-state index contributed by atoms with van der Waals surface area (Å²) in [7, 11) is 7.08. The predicted octanol–water partition coefficient (Wildman–Crippen LogP) is 3.47. The molecule has 0 aromatic heterocycles. The zero-order valence-corrected chi connectivity index (χ0v) is 19.0. The van der Waals surface area contributed by atoms with Crippen LogP contribution in [-0.2, 0) is 9.47 Å². The van der Waals surface area contributed by atoms with Crippen molar-refractivity contribution in [1.29, 1.82) is 0 Å². The Kier molecular flexibility index (Phi) is 8.78. The molecule has 170 valence electrons. The molecule has 0 unspecified atom stereocenters. The minimum absolute atomic E-state index is 0.169. The Bertz CT molecular complexity index is 1050. The fourth-order valence-electron chi connectivity index (χ4n) is 2.90. The van der Waals surface area contributed by atoms with Gasteiger partial charge >= 0.3 is 11.9 Å². The molecule has 8 heteroatoms. The van der Waals surface area contributed by atoms with Crippen molar-refractivity contribution in [3.8, 4) is 34.8 Å². The lowest BCUT2D eigenvalue weighted by atomic mass is 10.0. The molecule has 0 radical (unpaired) electrons. The number of rotatable bonds is 8. The van der Waals surface area contributed by atoms with E-state index >= 15 is 0 Å². The summed E-state index contributed by atoms with van der Waals surface area (Å²) < 4.78 is 31.6. The van der Waals surface area contributed by atoms with Crippen LogP contribution < -0.4 is 18.9 Å². The molecule has 0 amide bonds. The van der Waals surface area contributed by atoms with Crippen LogP contribution in [0.5, 0.6) is 23.0 Å². The molecule has 2 aromatic rings. The first kappa shape index (κ1) is 24.4. The topological polar surface area (TPSA) is 89.5 Å². The Morgan fingerprint density at radius 2 is 1.47 bits per heavy atom. The molecule has 0 N–H and O–H groups in total. The van der Waals surface area contributed by atoms with E-state index in [2.05, 4.69) is 11.8 Å². The van der Waals surface area contributed by atoms with Crippen LogP contribution in [0.15, 0.2) is 24.3 Å². The van der Waals surface area contributed by atoms with Crippen LogP contribution in [0, 0.1) is 11.8 Å². The van der Waals surface area contributed by atoms with Gasteiger partial charge in [-0.25, -0.2) is 9.59 Å². The Balaban J connectivity index is 2.69. The van der Waals surface area contributed by atoms with Crippen molar-refractivity contribution in [2.24, 2.45) is 0 Å². The average molecular weight is 442 g/mol. The summed E-state index contributed by atoms with van der Waals surface area (Å²) in [5, 5.41) is 0. The second-order valence-corrected chi connectivity index (χ2v) is 6.36. The second-order valence-electron chi connectivity index (χ2n) is 6.36. The zero-order chi connectivity index (χ0) is 23.7. The molecule has 0 saturated heterocycles. The van der Waals surface area contributed by atoms with E-state index in [1.54, 1.807) is 18.2 Å². The van der Waals surface area contributed by atoms with Crippen molar-refractivity contribution in [1.82, 2.24) is 0 Å². The molecule has 0 bridgehead atoms. The second kappa shape index (κ2) is 11.5. The lowest BCUT2D eigenvalue weighted by Crippen LogP contribution is -2.10. The average Bonchev–Trinajstić information content (AvgIpc) is 2.83. The lowest BCUT2D eigenvalue weighted by Gasteiger charge is -2.16. The highest BCUT2D eigenvalue weighted by molar-refractivity contribution is 5.95. The lowest BCUT2D eigenvalue weighted by molar-refractivity contribution is 0.0503. The number of hydrogen-bond acceptors (Lipinski definition) is 8. The maximum atomic E-state index is 12.7. The molecule has 2 aromatic carbocycles. The monoisotopic (exact) mass is 442 g/mol. The van der Waals surface area contributed by atoms with Crippen LogP contribution in [0.4, 0.5) is 0 Å². The normalized spacial score (nSPS) is 9.81. The van der Waals surface area contributed by atoms with Crippen molar-refractivity contribution in [3.05, 3.63) is 46.5 Å². The molecule has 0 spiro atoms. The number of hydrogen-bond donors (Lipinski definition) is 0. The van der Waals surface area contributed by atoms with Gasteiger partial charge in [0.15, 0.2) is 11.5 Å². The van der Waals surface area contributed by atoms with Gasteiger partial charge in [0.25, 0.3) is 0 Å². The SMILES string of the molecule is CCCOC(=O)c1cc(OC)c(OC)c(OC)c1C#Cc1ccc(OC)c(C(=O)OC)c1. The van der Waals surface area contributed by atoms with Crippen LogP contribution >= 0.6 is 0 Å². The molecule has 0 aliphatic rings. The predicted molar refractivity (Wildman–Crippen MR) is 117 cm³/mol. The van der Waals surface area contributed by atoms with E-state index in [0.717, 1.165) is 0 Å². The van der Waals surface area contributed by atoms with Gasteiger partial charge in [0.2, 0.25) is 5.75 Å². The van der Waals surface area contributed by atoms with Gasteiger partial charge < -0.3 is 28.4 Å². The molecule has 0 heterocycles. The minimum Gasteiger partial charge on any atom is -0.496 e. The van der Waals surface area contributed by atoms with Gasteiger partial charge in [-0.05, 0) is 24.6 Å². The molecule has 0 atom stereocenters. The molecule has 0 fully saturated rings. The van der Waals surface area contributed by atoms with E-state index in [4.69, 9.17) is 28.4 Å². The van der Waals surface area contributed by atoms with Crippen LogP contribution in [-0.4, -0.2) is 54.1 Å². The maximum Gasteiger partial charge on any atom is 0.341 e. The first-order valence-corrected chi connectivity index (χ1v) is 9.74. The van der Waals surface area contributed by atoms with E-state index in [1.807, 2.05) is 6.92 Å². The van der Waals surface area contributed by atoms with Crippen LogP contribution in [0.2, 0.25) is 0 Å². The Labute approximate surface area is 187 Å². The van der Waals surface area contributed by atoms with Gasteiger partial charge in [-0.15, -0.1) is 0 Å².